The second-order valence-corrected chi connectivity index (χ2v) is 5.25. The number of nitrogens with zero attached hydrogens (tertiary/aromatic N) is 1. The van der Waals surface area contributed by atoms with Crippen molar-refractivity contribution < 1.29 is 9.50 Å². The quantitative estimate of drug-likeness (QED) is 0.904. The lowest BCUT2D eigenvalue weighted by molar-refractivity contribution is 0.199. The van der Waals surface area contributed by atoms with Crippen molar-refractivity contribution >= 4 is 27.3 Å². The molecular formula is C15H15BrFNO. The van der Waals surface area contributed by atoms with Crippen molar-refractivity contribution in [1.82, 2.24) is 0 Å². The second kappa shape index (κ2) is 5.72. The van der Waals surface area contributed by atoms with Crippen LogP contribution >= 0.6 is 15.9 Å². The summed E-state index contributed by atoms with van der Waals surface area (Å²) < 4.78 is 14.6. The zero-order valence-electron chi connectivity index (χ0n) is 10.8. The largest absolute Gasteiger partial charge is 0.389 e. The third-order valence-corrected chi connectivity index (χ3v) is 3.66. The zero-order chi connectivity index (χ0) is 14.0. The summed E-state index contributed by atoms with van der Waals surface area (Å²) in [6, 6.07) is 12.2. The minimum Gasteiger partial charge on any atom is -0.389 e. The molecule has 0 aromatic heterocycles. The third kappa shape index (κ3) is 2.96. The van der Waals surface area contributed by atoms with E-state index in [2.05, 4.69) is 15.9 Å². The van der Waals surface area contributed by atoms with Crippen LogP contribution in [0.15, 0.2) is 46.9 Å². The van der Waals surface area contributed by atoms with E-state index in [1.165, 1.54) is 6.07 Å². The molecule has 2 nitrogen and oxygen atoms in total. The van der Waals surface area contributed by atoms with Crippen LogP contribution in [0.25, 0.3) is 0 Å². The zero-order valence-corrected chi connectivity index (χ0v) is 12.4. The van der Waals surface area contributed by atoms with Gasteiger partial charge in [0.05, 0.1) is 17.5 Å². The number of halogens is 2. The van der Waals surface area contributed by atoms with Crippen molar-refractivity contribution in [3.05, 3.63) is 58.3 Å². The molecule has 0 spiro atoms. The van der Waals surface area contributed by atoms with Crippen LogP contribution < -0.4 is 4.90 Å². The molecule has 2 aromatic rings. The highest BCUT2D eigenvalue weighted by Gasteiger charge is 2.13. The standard InChI is InChI=1S/C15H15BrFNO/c1-10(19)11-7-8-14(12(16)9-11)18(2)15-6-4-3-5-13(15)17/h3-10,19H,1-2H3. The summed E-state index contributed by atoms with van der Waals surface area (Å²) in [6.07, 6.45) is -0.524. The number of rotatable bonds is 3. The molecule has 19 heavy (non-hydrogen) atoms. The van der Waals surface area contributed by atoms with E-state index in [9.17, 15) is 9.50 Å². The predicted octanol–water partition coefficient (Wildman–Crippen LogP) is 4.41. The van der Waals surface area contributed by atoms with E-state index in [4.69, 9.17) is 0 Å². The molecule has 1 N–H and O–H groups in total. The molecular weight excluding hydrogens is 309 g/mol. The SMILES string of the molecule is CC(O)c1ccc(N(C)c2ccccc2F)c(Br)c1. The van der Waals surface area contributed by atoms with E-state index in [0.717, 1.165) is 15.7 Å². The Bertz CT molecular complexity index is 586. The smallest absolute Gasteiger partial charge is 0.146 e. The Morgan fingerprint density at radius 2 is 1.84 bits per heavy atom. The van der Waals surface area contributed by atoms with Crippen molar-refractivity contribution in [2.24, 2.45) is 0 Å². The maximum absolute atomic E-state index is 13.8. The topological polar surface area (TPSA) is 23.5 Å². The van der Waals surface area contributed by atoms with Crippen LogP contribution in [0.4, 0.5) is 15.8 Å². The van der Waals surface area contributed by atoms with Gasteiger partial charge in [-0.1, -0.05) is 18.2 Å². The van der Waals surface area contributed by atoms with Crippen LogP contribution in [-0.4, -0.2) is 12.2 Å². The Morgan fingerprint density at radius 1 is 1.16 bits per heavy atom. The van der Waals surface area contributed by atoms with E-state index in [0.29, 0.717) is 5.69 Å². The Kier molecular flexibility index (Phi) is 4.22. The first kappa shape index (κ1) is 14.0. The van der Waals surface area contributed by atoms with Crippen LogP contribution in [0.2, 0.25) is 0 Å². The number of hydrogen-bond acceptors (Lipinski definition) is 2. The first-order valence-corrected chi connectivity index (χ1v) is 6.75. The fourth-order valence-corrected chi connectivity index (χ4v) is 2.57. The van der Waals surface area contributed by atoms with Gasteiger partial charge in [0.15, 0.2) is 0 Å². The highest BCUT2D eigenvalue weighted by Crippen LogP contribution is 2.33. The number of anilines is 2. The van der Waals surface area contributed by atoms with Gasteiger partial charge in [-0.05, 0) is 52.7 Å². The van der Waals surface area contributed by atoms with Crippen molar-refractivity contribution in [2.75, 3.05) is 11.9 Å². The first-order valence-electron chi connectivity index (χ1n) is 5.96. The molecule has 2 rings (SSSR count). The van der Waals surface area contributed by atoms with Crippen molar-refractivity contribution in [3.8, 4) is 0 Å². The molecule has 1 unspecified atom stereocenters. The number of aliphatic hydroxyl groups excluding tert-OH is 1. The molecule has 0 heterocycles. The minimum atomic E-state index is -0.524. The lowest BCUT2D eigenvalue weighted by Crippen LogP contribution is -2.12. The Labute approximate surface area is 120 Å². The van der Waals surface area contributed by atoms with Crippen molar-refractivity contribution in [1.29, 1.82) is 0 Å². The highest BCUT2D eigenvalue weighted by atomic mass is 79.9. The van der Waals surface area contributed by atoms with Gasteiger partial charge in [0.25, 0.3) is 0 Å². The van der Waals surface area contributed by atoms with Gasteiger partial charge in [-0.15, -0.1) is 0 Å². The molecule has 4 heteroatoms. The number of aliphatic hydroxyl groups is 1. The maximum Gasteiger partial charge on any atom is 0.146 e. The summed E-state index contributed by atoms with van der Waals surface area (Å²) in [4.78, 5) is 1.77. The van der Waals surface area contributed by atoms with Crippen LogP contribution in [0.5, 0.6) is 0 Å². The van der Waals surface area contributed by atoms with E-state index < -0.39 is 6.10 Å². The molecule has 100 valence electrons. The van der Waals surface area contributed by atoms with Crippen molar-refractivity contribution in [2.45, 2.75) is 13.0 Å². The molecule has 0 saturated heterocycles. The summed E-state index contributed by atoms with van der Waals surface area (Å²) in [5.74, 6) is -0.267. The molecule has 1 atom stereocenters. The second-order valence-electron chi connectivity index (χ2n) is 4.40. The molecule has 0 aliphatic rings. The van der Waals surface area contributed by atoms with E-state index in [1.807, 2.05) is 18.2 Å². The normalized spacial score (nSPS) is 12.3. The van der Waals surface area contributed by atoms with Crippen LogP contribution in [0.3, 0.4) is 0 Å². The molecule has 0 bridgehead atoms. The van der Waals surface area contributed by atoms with Crippen LogP contribution in [0.1, 0.15) is 18.6 Å². The number of para-hydroxylation sites is 1. The summed E-state index contributed by atoms with van der Waals surface area (Å²) in [6.45, 7) is 1.71. The molecule has 0 aliphatic carbocycles. The average molecular weight is 324 g/mol. The van der Waals surface area contributed by atoms with Crippen LogP contribution in [0, 0.1) is 5.82 Å². The summed E-state index contributed by atoms with van der Waals surface area (Å²) in [5.41, 5.74) is 2.17. The van der Waals surface area contributed by atoms with Gasteiger partial charge < -0.3 is 10.0 Å². The fraction of sp³-hybridized carbons (Fsp3) is 0.200. The number of benzene rings is 2. The van der Waals surface area contributed by atoms with Gasteiger partial charge in [-0.3, -0.25) is 0 Å². The minimum absolute atomic E-state index is 0.267. The summed E-state index contributed by atoms with van der Waals surface area (Å²) >= 11 is 3.46. The fourth-order valence-electron chi connectivity index (χ4n) is 1.91. The Balaban J connectivity index is 2.40. The highest BCUT2D eigenvalue weighted by molar-refractivity contribution is 9.10. The van der Waals surface area contributed by atoms with E-state index in [1.54, 1.807) is 37.1 Å². The number of hydrogen-bond donors (Lipinski definition) is 1. The summed E-state index contributed by atoms with van der Waals surface area (Å²) in [7, 11) is 1.81. The van der Waals surface area contributed by atoms with E-state index >= 15 is 0 Å². The van der Waals surface area contributed by atoms with Gasteiger partial charge in [0.2, 0.25) is 0 Å². The molecule has 0 amide bonds. The molecule has 0 aliphatic heterocycles. The van der Waals surface area contributed by atoms with Gasteiger partial charge in [-0.25, -0.2) is 4.39 Å². The monoisotopic (exact) mass is 323 g/mol. The van der Waals surface area contributed by atoms with E-state index in [-0.39, 0.29) is 5.82 Å². The third-order valence-electron chi connectivity index (χ3n) is 3.03. The van der Waals surface area contributed by atoms with Gasteiger partial charge in [0.1, 0.15) is 5.82 Å². The van der Waals surface area contributed by atoms with Gasteiger partial charge in [0, 0.05) is 11.5 Å². The maximum atomic E-state index is 13.8. The van der Waals surface area contributed by atoms with Gasteiger partial charge in [-0.2, -0.15) is 0 Å². The molecule has 0 radical (unpaired) electrons. The lowest BCUT2D eigenvalue weighted by atomic mass is 10.1. The molecule has 0 saturated carbocycles. The molecule has 0 fully saturated rings. The van der Waals surface area contributed by atoms with Crippen molar-refractivity contribution in [3.63, 3.8) is 0 Å². The van der Waals surface area contributed by atoms with Crippen LogP contribution in [-0.2, 0) is 0 Å². The Morgan fingerprint density at radius 3 is 2.42 bits per heavy atom. The summed E-state index contributed by atoms with van der Waals surface area (Å²) in [5, 5.41) is 9.54. The lowest BCUT2D eigenvalue weighted by Gasteiger charge is -2.22. The molecule has 2 aromatic carbocycles. The predicted molar refractivity (Wildman–Crippen MR) is 79.2 cm³/mol. The first-order chi connectivity index (χ1) is 9.00. The van der Waals surface area contributed by atoms with Gasteiger partial charge >= 0.3 is 0 Å². The average Bonchev–Trinajstić information content (AvgIpc) is 2.38. The Hall–Kier alpha value is -1.39.